The van der Waals surface area contributed by atoms with E-state index in [2.05, 4.69) is 24.6 Å². The van der Waals surface area contributed by atoms with Crippen LogP contribution in [0.15, 0.2) is 88.7 Å². The molecule has 4 aromatic rings. The molecule has 1 aliphatic rings. The molecule has 5 rings (SSSR count). The van der Waals surface area contributed by atoms with E-state index in [-0.39, 0.29) is 32.8 Å². The van der Waals surface area contributed by atoms with Crippen molar-refractivity contribution in [2.45, 2.75) is 9.79 Å². The lowest BCUT2D eigenvalue weighted by atomic mass is 10.1. The summed E-state index contributed by atoms with van der Waals surface area (Å²) in [6.07, 6.45) is 2.87. The van der Waals surface area contributed by atoms with Gasteiger partial charge in [-0.05, 0) is 35.4 Å². The van der Waals surface area contributed by atoms with Crippen molar-refractivity contribution in [1.29, 1.82) is 0 Å². The molecule has 3 N–H and O–H groups in total. The van der Waals surface area contributed by atoms with Crippen LogP contribution in [0.25, 0.3) is 12.2 Å². The summed E-state index contributed by atoms with van der Waals surface area (Å²) < 4.78 is 66.5. The predicted molar refractivity (Wildman–Crippen MR) is 155 cm³/mol. The Labute approximate surface area is 242 Å². The summed E-state index contributed by atoms with van der Waals surface area (Å²) in [5.74, 6) is 5.26. The lowest BCUT2D eigenvalue weighted by molar-refractivity contribution is 0.122. The standard InChI is InChI=1S/C27H26N6O7S2/c28-40-42(36,37)24-13-7-5-9-21(24)15-14-20-8-4-6-12-23(20)41(34,35)39-27-31-25(29-22-10-2-1-3-11-22)30-26(32-27)33-16-18-38-19-17-33/h1-15H,16-19,28H2,(H,29,30,31,32). The van der Waals surface area contributed by atoms with Crippen molar-refractivity contribution in [1.82, 2.24) is 15.0 Å². The van der Waals surface area contributed by atoms with Crippen LogP contribution in [-0.2, 0) is 29.3 Å². The van der Waals surface area contributed by atoms with Crippen LogP contribution in [0.1, 0.15) is 11.1 Å². The fourth-order valence-electron chi connectivity index (χ4n) is 4.06. The van der Waals surface area contributed by atoms with Crippen molar-refractivity contribution >= 4 is 50.0 Å². The van der Waals surface area contributed by atoms with E-state index in [4.69, 9.17) is 14.8 Å². The molecule has 13 nitrogen and oxygen atoms in total. The fraction of sp³-hybridized carbons (Fsp3) is 0.148. The molecule has 0 unspecified atom stereocenters. The summed E-state index contributed by atoms with van der Waals surface area (Å²) in [5.41, 5.74) is 1.15. The van der Waals surface area contributed by atoms with Gasteiger partial charge in [0, 0.05) is 18.8 Å². The van der Waals surface area contributed by atoms with Gasteiger partial charge in [0.1, 0.15) is 9.79 Å². The summed E-state index contributed by atoms with van der Waals surface area (Å²) in [6.45, 7) is 1.92. The van der Waals surface area contributed by atoms with E-state index in [0.29, 0.717) is 32.0 Å². The van der Waals surface area contributed by atoms with Gasteiger partial charge in [0.15, 0.2) is 0 Å². The Morgan fingerprint density at radius 2 is 1.33 bits per heavy atom. The van der Waals surface area contributed by atoms with Gasteiger partial charge in [-0.15, -0.1) is 0 Å². The second-order valence-corrected chi connectivity index (χ2v) is 11.9. The first-order valence-corrected chi connectivity index (χ1v) is 15.4. The molecule has 1 saturated heterocycles. The summed E-state index contributed by atoms with van der Waals surface area (Å²) in [5, 5.41) is 3.05. The van der Waals surface area contributed by atoms with E-state index in [1.54, 1.807) is 24.3 Å². The maximum Gasteiger partial charge on any atom is 0.342 e. The Balaban J connectivity index is 1.48. The van der Waals surface area contributed by atoms with Gasteiger partial charge in [-0.3, -0.25) is 0 Å². The van der Waals surface area contributed by atoms with Crippen molar-refractivity contribution in [3.8, 4) is 6.01 Å². The number of morpholine rings is 1. The third-order valence-corrected chi connectivity index (χ3v) is 8.50. The number of anilines is 3. The normalized spacial score (nSPS) is 14.2. The highest BCUT2D eigenvalue weighted by Gasteiger charge is 2.24. The van der Waals surface area contributed by atoms with E-state index >= 15 is 0 Å². The predicted octanol–water partition coefficient (Wildman–Crippen LogP) is 2.97. The number of benzene rings is 3. The molecule has 1 aromatic heterocycles. The average molecular weight is 611 g/mol. The van der Waals surface area contributed by atoms with Gasteiger partial charge in [0.05, 0.1) is 13.2 Å². The number of hydrogen-bond donors (Lipinski definition) is 2. The SMILES string of the molecule is NOS(=O)(=O)c1ccccc1C=Cc1ccccc1S(=O)(=O)Oc1nc(Nc2ccccc2)nc(N2CCOCC2)n1. The van der Waals surface area contributed by atoms with Crippen LogP contribution >= 0.6 is 0 Å². The van der Waals surface area contributed by atoms with Crippen LogP contribution in [0.3, 0.4) is 0 Å². The number of nitrogens with zero attached hydrogens (tertiary/aromatic N) is 4. The lowest BCUT2D eigenvalue weighted by Gasteiger charge is -2.27. The molecule has 42 heavy (non-hydrogen) atoms. The highest BCUT2D eigenvalue weighted by molar-refractivity contribution is 7.87. The van der Waals surface area contributed by atoms with Gasteiger partial charge in [-0.25, -0.2) is 0 Å². The van der Waals surface area contributed by atoms with E-state index in [0.717, 1.165) is 0 Å². The summed E-state index contributed by atoms with van der Waals surface area (Å²) >= 11 is 0. The lowest BCUT2D eigenvalue weighted by Crippen LogP contribution is -2.37. The largest absolute Gasteiger partial charge is 0.378 e. The maximum absolute atomic E-state index is 13.5. The smallest absolute Gasteiger partial charge is 0.342 e. The van der Waals surface area contributed by atoms with Gasteiger partial charge in [-0.2, -0.15) is 42.0 Å². The number of hydrogen-bond acceptors (Lipinski definition) is 13. The molecule has 0 radical (unpaired) electrons. The number of nitrogens with two attached hydrogens (primary N) is 1. The van der Waals surface area contributed by atoms with Crippen molar-refractivity contribution in [3.05, 3.63) is 90.0 Å². The molecule has 15 heteroatoms. The number of nitrogens with one attached hydrogen (secondary N) is 1. The van der Waals surface area contributed by atoms with Crippen LogP contribution in [0.5, 0.6) is 6.01 Å². The van der Waals surface area contributed by atoms with Crippen LogP contribution in [0.2, 0.25) is 0 Å². The topological polar surface area (TPSA) is 176 Å². The van der Waals surface area contributed by atoms with Gasteiger partial charge in [0.25, 0.3) is 0 Å². The van der Waals surface area contributed by atoms with E-state index in [1.807, 2.05) is 23.1 Å². The van der Waals surface area contributed by atoms with E-state index < -0.39 is 26.2 Å². The minimum atomic E-state index is -4.47. The Hall–Kier alpha value is -4.41. The zero-order chi connectivity index (χ0) is 29.6. The highest BCUT2D eigenvalue weighted by Crippen LogP contribution is 2.26. The monoisotopic (exact) mass is 610 g/mol. The van der Waals surface area contributed by atoms with Gasteiger partial charge in [0.2, 0.25) is 11.9 Å². The van der Waals surface area contributed by atoms with Crippen LogP contribution in [0, 0.1) is 0 Å². The van der Waals surface area contributed by atoms with Crippen molar-refractivity contribution in [3.63, 3.8) is 0 Å². The molecule has 0 saturated carbocycles. The Bertz CT molecular complexity index is 1800. The molecule has 0 atom stereocenters. The Morgan fingerprint density at radius 3 is 1.95 bits per heavy atom. The third-order valence-electron chi connectivity index (χ3n) is 6.06. The minimum absolute atomic E-state index is 0.0935. The first-order valence-electron chi connectivity index (χ1n) is 12.6. The van der Waals surface area contributed by atoms with E-state index in [1.165, 1.54) is 48.6 Å². The number of para-hydroxylation sites is 1. The molecule has 0 spiro atoms. The Kier molecular flexibility index (Phi) is 8.75. The molecule has 2 heterocycles. The maximum atomic E-state index is 13.5. The summed E-state index contributed by atoms with van der Waals surface area (Å²) in [4.78, 5) is 14.4. The number of rotatable bonds is 10. The highest BCUT2D eigenvalue weighted by atomic mass is 32.2. The first-order chi connectivity index (χ1) is 20.2. The quantitative estimate of drug-likeness (QED) is 0.152. The van der Waals surface area contributed by atoms with Crippen molar-refractivity contribution in [2.75, 3.05) is 36.5 Å². The van der Waals surface area contributed by atoms with Crippen LogP contribution in [0.4, 0.5) is 17.6 Å². The first kappa shape index (κ1) is 29.1. The zero-order valence-corrected chi connectivity index (χ0v) is 23.7. The van der Waals surface area contributed by atoms with Gasteiger partial charge in [-0.1, -0.05) is 66.7 Å². The molecule has 1 aliphatic heterocycles. The van der Waals surface area contributed by atoms with Gasteiger partial charge >= 0.3 is 26.2 Å². The Morgan fingerprint density at radius 1 is 0.762 bits per heavy atom. The zero-order valence-electron chi connectivity index (χ0n) is 22.0. The molecular formula is C27H26N6O7S2. The van der Waals surface area contributed by atoms with Crippen LogP contribution < -0.4 is 20.3 Å². The van der Waals surface area contributed by atoms with E-state index in [9.17, 15) is 16.8 Å². The minimum Gasteiger partial charge on any atom is -0.378 e. The molecule has 0 bridgehead atoms. The summed E-state index contributed by atoms with van der Waals surface area (Å²) in [7, 11) is -8.68. The molecule has 0 aliphatic carbocycles. The second kappa shape index (κ2) is 12.6. The van der Waals surface area contributed by atoms with Crippen LogP contribution in [-0.4, -0.2) is 58.1 Å². The van der Waals surface area contributed by atoms with Crippen molar-refractivity contribution in [2.24, 2.45) is 5.90 Å². The number of ether oxygens (including phenoxy) is 1. The fourth-order valence-corrected chi connectivity index (χ4v) is 5.86. The molecule has 0 amide bonds. The molecule has 218 valence electrons. The second-order valence-electron chi connectivity index (χ2n) is 8.83. The molecular weight excluding hydrogens is 584 g/mol. The molecule has 1 fully saturated rings. The summed E-state index contributed by atoms with van der Waals surface area (Å²) in [6, 6.07) is 20.7. The average Bonchev–Trinajstić information content (AvgIpc) is 3.01. The molecule has 3 aromatic carbocycles. The number of aromatic nitrogens is 3. The third kappa shape index (κ3) is 6.89. The van der Waals surface area contributed by atoms with Crippen molar-refractivity contribution < 1.29 is 30.0 Å². The van der Waals surface area contributed by atoms with Gasteiger partial charge < -0.3 is 19.1 Å².